The number of rotatable bonds is 3. The lowest BCUT2D eigenvalue weighted by atomic mass is 10.1. The van der Waals surface area contributed by atoms with Gasteiger partial charge in [0.1, 0.15) is 5.75 Å². The van der Waals surface area contributed by atoms with Gasteiger partial charge in [0.2, 0.25) is 0 Å². The van der Waals surface area contributed by atoms with Crippen LogP contribution in [-0.2, 0) is 0 Å². The van der Waals surface area contributed by atoms with Gasteiger partial charge in [-0.2, -0.15) is 0 Å². The number of anilines is 1. The third-order valence-electron chi connectivity index (χ3n) is 1.81. The average Bonchev–Trinajstić information content (AvgIpc) is 2.17. The van der Waals surface area contributed by atoms with Crippen LogP contribution in [0.1, 0.15) is 10.4 Å². The van der Waals surface area contributed by atoms with Crippen LogP contribution in [0.4, 0.5) is 5.69 Å². The number of methoxy groups -OCH3 is 1. The van der Waals surface area contributed by atoms with E-state index < -0.39 is 5.97 Å². The quantitative estimate of drug-likeness (QED) is 0.874. The van der Waals surface area contributed by atoms with Crippen LogP contribution in [-0.4, -0.2) is 25.2 Å². The van der Waals surface area contributed by atoms with Crippen LogP contribution in [0.5, 0.6) is 5.75 Å². The topological polar surface area (TPSA) is 58.6 Å². The molecule has 0 aliphatic heterocycles. The molecule has 5 heteroatoms. The molecule has 0 atom stereocenters. The first-order chi connectivity index (χ1) is 6.61. The Balaban J connectivity index is 3.35. The first-order valence-electron chi connectivity index (χ1n) is 3.89. The van der Waals surface area contributed by atoms with Crippen LogP contribution in [0.2, 0.25) is 0 Å². The first-order valence-corrected chi connectivity index (χ1v) is 4.68. The summed E-state index contributed by atoms with van der Waals surface area (Å²) >= 11 is 3.27. The maximum atomic E-state index is 10.8. The van der Waals surface area contributed by atoms with Crippen LogP contribution in [0.15, 0.2) is 16.6 Å². The lowest BCUT2D eigenvalue weighted by molar-refractivity contribution is 0.0698. The minimum Gasteiger partial charge on any atom is -0.495 e. The zero-order chi connectivity index (χ0) is 10.7. The van der Waals surface area contributed by atoms with E-state index in [-0.39, 0.29) is 5.56 Å². The summed E-state index contributed by atoms with van der Waals surface area (Å²) in [7, 11) is 3.19. The molecule has 0 aliphatic carbocycles. The monoisotopic (exact) mass is 259 g/mol. The van der Waals surface area contributed by atoms with Gasteiger partial charge in [-0.1, -0.05) is 0 Å². The third kappa shape index (κ3) is 1.82. The molecule has 0 spiro atoms. The van der Waals surface area contributed by atoms with Gasteiger partial charge < -0.3 is 15.2 Å². The SMILES string of the molecule is CNc1c(C(=O)O)ccc(OC)c1Br. The molecule has 0 bridgehead atoms. The Kier molecular flexibility index (Phi) is 3.35. The van der Waals surface area contributed by atoms with E-state index in [0.717, 1.165) is 0 Å². The van der Waals surface area contributed by atoms with Gasteiger partial charge >= 0.3 is 5.97 Å². The number of halogens is 1. The molecule has 0 amide bonds. The van der Waals surface area contributed by atoms with E-state index in [1.165, 1.54) is 13.2 Å². The molecule has 0 radical (unpaired) electrons. The van der Waals surface area contributed by atoms with E-state index in [2.05, 4.69) is 21.2 Å². The summed E-state index contributed by atoms with van der Waals surface area (Å²) in [5.74, 6) is -0.378. The number of carboxylic acid groups (broad SMARTS) is 1. The van der Waals surface area contributed by atoms with E-state index in [0.29, 0.717) is 15.9 Å². The van der Waals surface area contributed by atoms with Gasteiger partial charge in [0.05, 0.1) is 22.8 Å². The Morgan fingerprint density at radius 2 is 2.21 bits per heavy atom. The van der Waals surface area contributed by atoms with Gasteiger partial charge in [0.25, 0.3) is 0 Å². The van der Waals surface area contributed by atoms with Crippen molar-refractivity contribution in [1.29, 1.82) is 0 Å². The van der Waals surface area contributed by atoms with E-state index in [1.807, 2.05) is 0 Å². The Morgan fingerprint density at radius 3 is 2.64 bits per heavy atom. The fourth-order valence-electron chi connectivity index (χ4n) is 1.14. The molecule has 1 aromatic carbocycles. The zero-order valence-electron chi connectivity index (χ0n) is 7.80. The highest BCUT2D eigenvalue weighted by Crippen LogP contribution is 2.34. The van der Waals surface area contributed by atoms with Crippen molar-refractivity contribution in [1.82, 2.24) is 0 Å². The molecule has 0 aliphatic rings. The van der Waals surface area contributed by atoms with Crippen molar-refractivity contribution in [2.45, 2.75) is 0 Å². The van der Waals surface area contributed by atoms with Gasteiger partial charge in [-0.25, -0.2) is 4.79 Å². The highest BCUT2D eigenvalue weighted by Gasteiger charge is 2.15. The largest absolute Gasteiger partial charge is 0.495 e. The highest BCUT2D eigenvalue weighted by molar-refractivity contribution is 9.10. The van der Waals surface area contributed by atoms with Crippen molar-refractivity contribution in [2.24, 2.45) is 0 Å². The molecule has 0 aromatic heterocycles. The molecule has 14 heavy (non-hydrogen) atoms. The molecule has 0 saturated carbocycles. The zero-order valence-corrected chi connectivity index (χ0v) is 9.38. The summed E-state index contributed by atoms with van der Waals surface area (Å²) in [5, 5.41) is 11.7. The number of benzene rings is 1. The fraction of sp³-hybridized carbons (Fsp3) is 0.222. The molecule has 1 rings (SSSR count). The molecule has 0 unspecified atom stereocenters. The number of ether oxygens (including phenoxy) is 1. The molecule has 1 aromatic rings. The number of carbonyl (C=O) groups is 1. The number of nitrogens with one attached hydrogen (secondary N) is 1. The third-order valence-corrected chi connectivity index (χ3v) is 2.59. The number of hydrogen-bond acceptors (Lipinski definition) is 3. The van der Waals surface area contributed by atoms with Crippen LogP contribution in [0, 0.1) is 0 Å². The normalized spacial score (nSPS) is 9.64. The molecular weight excluding hydrogens is 250 g/mol. The van der Waals surface area contributed by atoms with E-state index in [1.54, 1.807) is 13.1 Å². The standard InChI is InChI=1S/C9H10BrNO3/c1-11-8-5(9(12)13)3-4-6(14-2)7(8)10/h3-4,11H,1-2H3,(H,12,13). The van der Waals surface area contributed by atoms with Crippen molar-refractivity contribution in [3.05, 3.63) is 22.2 Å². The summed E-state index contributed by atoms with van der Waals surface area (Å²) in [4.78, 5) is 10.8. The number of carboxylic acids is 1. The highest BCUT2D eigenvalue weighted by atomic mass is 79.9. The fourth-order valence-corrected chi connectivity index (χ4v) is 1.84. The molecule has 2 N–H and O–H groups in total. The number of aromatic carboxylic acids is 1. The summed E-state index contributed by atoms with van der Waals surface area (Å²) in [6.45, 7) is 0. The predicted molar refractivity (Wildman–Crippen MR) is 57.2 cm³/mol. The second-order valence-electron chi connectivity index (χ2n) is 2.56. The second kappa shape index (κ2) is 4.32. The summed E-state index contributed by atoms with van der Waals surface area (Å²) in [6, 6.07) is 3.10. The Hall–Kier alpha value is -1.23. The lowest BCUT2D eigenvalue weighted by Gasteiger charge is -2.11. The van der Waals surface area contributed by atoms with Gasteiger partial charge in [-0.15, -0.1) is 0 Å². The molecule has 0 fully saturated rings. The minimum absolute atomic E-state index is 0.208. The Bertz CT molecular complexity index is 365. The Labute approximate surface area is 90.0 Å². The van der Waals surface area contributed by atoms with E-state index in [4.69, 9.17) is 9.84 Å². The summed E-state index contributed by atoms with van der Waals surface area (Å²) in [6.07, 6.45) is 0. The smallest absolute Gasteiger partial charge is 0.337 e. The second-order valence-corrected chi connectivity index (χ2v) is 3.35. The van der Waals surface area contributed by atoms with Crippen LogP contribution < -0.4 is 10.1 Å². The first kappa shape index (κ1) is 10.8. The van der Waals surface area contributed by atoms with Crippen molar-refractivity contribution >= 4 is 27.6 Å². The molecule has 76 valence electrons. The Morgan fingerprint density at radius 1 is 1.57 bits per heavy atom. The van der Waals surface area contributed by atoms with E-state index >= 15 is 0 Å². The van der Waals surface area contributed by atoms with Gasteiger partial charge in [0.15, 0.2) is 0 Å². The molecular formula is C9H10BrNO3. The van der Waals surface area contributed by atoms with Crippen molar-refractivity contribution in [3.63, 3.8) is 0 Å². The maximum Gasteiger partial charge on any atom is 0.337 e. The molecule has 4 nitrogen and oxygen atoms in total. The minimum atomic E-state index is -0.974. The summed E-state index contributed by atoms with van der Waals surface area (Å²) in [5.41, 5.74) is 0.719. The maximum absolute atomic E-state index is 10.8. The van der Waals surface area contributed by atoms with Gasteiger partial charge in [-0.05, 0) is 28.1 Å². The average molecular weight is 260 g/mol. The lowest BCUT2D eigenvalue weighted by Crippen LogP contribution is -2.04. The van der Waals surface area contributed by atoms with Crippen LogP contribution in [0.3, 0.4) is 0 Å². The number of hydrogen-bond donors (Lipinski definition) is 2. The molecule has 0 saturated heterocycles. The molecule has 0 heterocycles. The van der Waals surface area contributed by atoms with Gasteiger partial charge in [0, 0.05) is 7.05 Å². The van der Waals surface area contributed by atoms with E-state index in [9.17, 15) is 4.79 Å². The van der Waals surface area contributed by atoms with Crippen molar-refractivity contribution < 1.29 is 14.6 Å². The van der Waals surface area contributed by atoms with Crippen LogP contribution in [0.25, 0.3) is 0 Å². The van der Waals surface area contributed by atoms with Crippen molar-refractivity contribution in [2.75, 3.05) is 19.5 Å². The van der Waals surface area contributed by atoms with Gasteiger partial charge in [-0.3, -0.25) is 0 Å². The predicted octanol–water partition coefficient (Wildman–Crippen LogP) is 2.20. The summed E-state index contributed by atoms with van der Waals surface area (Å²) < 4.78 is 5.66. The van der Waals surface area contributed by atoms with Crippen LogP contribution >= 0.6 is 15.9 Å². The van der Waals surface area contributed by atoms with Crippen molar-refractivity contribution in [3.8, 4) is 5.75 Å².